The number of halogens is 2. The smallest absolute Gasteiger partial charge is 0.0468 e. The molecule has 1 fully saturated rings. The molecule has 0 spiro atoms. The van der Waals surface area contributed by atoms with Crippen molar-refractivity contribution in [3.8, 4) is 0 Å². The Morgan fingerprint density at radius 1 is 1.18 bits per heavy atom. The van der Waals surface area contributed by atoms with Crippen LogP contribution in [0.3, 0.4) is 0 Å². The van der Waals surface area contributed by atoms with Gasteiger partial charge in [-0.15, -0.1) is 0 Å². The molecule has 0 saturated carbocycles. The lowest BCUT2D eigenvalue weighted by Gasteiger charge is -2.29. The molecule has 94 valence electrons. The summed E-state index contributed by atoms with van der Waals surface area (Å²) in [5.41, 5.74) is 6.77. The second kappa shape index (κ2) is 6.05. The fraction of sp³-hybridized carbons (Fsp3) is 0.538. The monoisotopic (exact) mass is 272 g/mol. The molecule has 2 N–H and O–H groups in total. The van der Waals surface area contributed by atoms with Crippen molar-refractivity contribution < 1.29 is 0 Å². The summed E-state index contributed by atoms with van der Waals surface area (Å²) >= 11 is 12.6. The van der Waals surface area contributed by atoms with Crippen LogP contribution < -0.4 is 5.73 Å². The highest BCUT2D eigenvalue weighted by molar-refractivity contribution is 6.36. The van der Waals surface area contributed by atoms with Crippen molar-refractivity contribution in [1.29, 1.82) is 0 Å². The number of hydrogen-bond acceptors (Lipinski definition) is 2. The maximum atomic E-state index is 6.29. The van der Waals surface area contributed by atoms with Crippen LogP contribution in [0.25, 0.3) is 0 Å². The molecule has 0 aromatic heterocycles. The molecular formula is C13H18Cl2N2. The highest BCUT2D eigenvalue weighted by Crippen LogP contribution is 2.36. The Labute approximate surface area is 113 Å². The summed E-state index contributed by atoms with van der Waals surface area (Å²) in [4.78, 5) is 2.44. The molecule has 2 rings (SSSR count). The summed E-state index contributed by atoms with van der Waals surface area (Å²) in [7, 11) is 0. The Kier molecular flexibility index (Phi) is 4.69. The third-order valence-electron chi connectivity index (χ3n) is 3.35. The lowest BCUT2D eigenvalue weighted by Crippen LogP contribution is -2.28. The first kappa shape index (κ1) is 13.2. The van der Waals surface area contributed by atoms with Crippen LogP contribution >= 0.6 is 23.2 Å². The van der Waals surface area contributed by atoms with Gasteiger partial charge in [-0.1, -0.05) is 29.3 Å². The maximum Gasteiger partial charge on any atom is 0.0468 e. The molecule has 1 aliphatic rings. The summed E-state index contributed by atoms with van der Waals surface area (Å²) < 4.78 is 0. The molecule has 0 bridgehead atoms. The van der Waals surface area contributed by atoms with Gasteiger partial charge in [-0.3, -0.25) is 4.90 Å². The van der Waals surface area contributed by atoms with E-state index in [-0.39, 0.29) is 6.04 Å². The minimum Gasteiger partial charge on any atom is -0.330 e. The Morgan fingerprint density at radius 2 is 1.76 bits per heavy atom. The van der Waals surface area contributed by atoms with E-state index in [1.165, 1.54) is 12.8 Å². The van der Waals surface area contributed by atoms with Gasteiger partial charge in [0.15, 0.2) is 0 Å². The zero-order valence-electron chi connectivity index (χ0n) is 9.83. The molecule has 1 atom stereocenters. The summed E-state index contributed by atoms with van der Waals surface area (Å²) in [5, 5.41) is 1.51. The number of nitrogens with zero attached hydrogens (tertiary/aromatic N) is 1. The standard InChI is InChI=1S/C13H18Cl2N2/c14-10-4-3-5-11(15)13(10)12(6-7-16)17-8-1-2-9-17/h3-5,12H,1-2,6-9,16H2. The molecule has 0 aliphatic carbocycles. The second-order valence-electron chi connectivity index (χ2n) is 4.47. The zero-order valence-corrected chi connectivity index (χ0v) is 11.3. The molecular weight excluding hydrogens is 255 g/mol. The van der Waals surface area contributed by atoms with Gasteiger partial charge in [0.25, 0.3) is 0 Å². The lowest BCUT2D eigenvalue weighted by atomic mass is 10.0. The SMILES string of the molecule is NCCC(c1c(Cl)cccc1Cl)N1CCCC1. The molecule has 1 aromatic carbocycles. The van der Waals surface area contributed by atoms with Crippen molar-refractivity contribution in [2.45, 2.75) is 25.3 Å². The number of rotatable bonds is 4. The van der Waals surface area contributed by atoms with Crippen LogP contribution in [0.15, 0.2) is 18.2 Å². The van der Waals surface area contributed by atoms with Gasteiger partial charge in [0.1, 0.15) is 0 Å². The summed E-state index contributed by atoms with van der Waals surface area (Å²) in [6, 6.07) is 5.96. The fourth-order valence-corrected chi connectivity index (χ4v) is 3.20. The third-order valence-corrected chi connectivity index (χ3v) is 4.01. The number of nitrogens with two attached hydrogens (primary N) is 1. The van der Waals surface area contributed by atoms with E-state index in [1.54, 1.807) is 0 Å². The van der Waals surface area contributed by atoms with Gasteiger partial charge >= 0.3 is 0 Å². The van der Waals surface area contributed by atoms with Crippen LogP contribution in [0.4, 0.5) is 0 Å². The molecule has 0 radical (unpaired) electrons. The zero-order chi connectivity index (χ0) is 12.3. The average Bonchev–Trinajstić information content (AvgIpc) is 2.80. The summed E-state index contributed by atoms with van der Waals surface area (Å²) in [6.45, 7) is 2.89. The van der Waals surface area contributed by atoms with Crippen LogP contribution in [0.2, 0.25) is 10.0 Å². The Morgan fingerprint density at radius 3 is 2.29 bits per heavy atom. The largest absolute Gasteiger partial charge is 0.330 e. The second-order valence-corrected chi connectivity index (χ2v) is 5.29. The van der Waals surface area contributed by atoms with Crippen LogP contribution in [-0.4, -0.2) is 24.5 Å². The van der Waals surface area contributed by atoms with Gasteiger partial charge in [0.05, 0.1) is 0 Å². The van der Waals surface area contributed by atoms with E-state index in [0.29, 0.717) is 6.54 Å². The van der Waals surface area contributed by atoms with Crippen LogP contribution in [0.1, 0.15) is 30.9 Å². The van der Waals surface area contributed by atoms with E-state index in [4.69, 9.17) is 28.9 Å². The summed E-state index contributed by atoms with van der Waals surface area (Å²) in [5.74, 6) is 0. The van der Waals surface area contributed by atoms with Gasteiger partial charge in [0.2, 0.25) is 0 Å². The Hall–Kier alpha value is -0.280. The van der Waals surface area contributed by atoms with E-state index in [2.05, 4.69) is 4.90 Å². The highest BCUT2D eigenvalue weighted by Gasteiger charge is 2.26. The molecule has 1 saturated heterocycles. The van der Waals surface area contributed by atoms with Gasteiger partial charge < -0.3 is 5.73 Å². The number of benzene rings is 1. The molecule has 0 amide bonds. The van der Waals surface area contributed by atoms with Crippen molar-refractivity contribution >= 4 is 23.2 Å². The maximum absolute atomic E-state index is 6.29. The van der Waals surface area contributed by atoms with E-state index >= 15 is 0 Å². The van der Waals surface area contributed by atoms with Gasteiger partial charge in [-0.05, 0) is 51.0 Å². The molecule has 1 unspecified atom stereocenters. The fourth-order valence-electron chi connectivity index (χ4n) is 2.55. The van der Waals surface area contributed by atoms with Crippen LogP contribution in [0.5, 0.6) is 0 Å². The van der Waals surface area contributed by atoms with Crippen molar-refractivity contribution in [1.82, 2.24) is 4.90 Å². The van der Waals surface area contributed by atoms with Gasteiger partial charge in [-0.25, -0.2) is 0 Å². The first-order valence-electron chi connectivity index (χ1n) is 6.12. The van der Waals surface area contributed by atoms with Crippen LogP contribution in [-0.2, 0) is 0 Å². The Bertz CT molecular complexity index is 355. The van der Waals surface area contributed by atoms with Gasteiger partial charge in [-0.2, -0.15) is 0 Å². The van der Waals surface area contributed by atoms with E-state index < -0.39 is 0 Å². The molecule has 4 heteroatoms. The molecule has 1 heterocycles. The number of hydrogen-bond donors (Lipinski definition) is 1. The molecule has 1 aromatic rings. The predicted octanol–water partition coefficient (Wildman–Crippen LogP) is 3.48. The molecule has 17 heavy (non-hydrogen) atoms. The average molecular weight is 273 g/mol. The van der Waals surface area contributed by atoms with E-state index in [0.717, 1.165) is 35.1 Å². The third kappa shape index (κ3) is 2.94. The molecule has 2 nitrogen and oxygen atoms in total. The first-order chi connectivity index (χ1) is 8.24. The van der Waals surface area contributed by atoms with Crippen molar-refractivity contribution in [3.63, 3.8) is 0 Å². The van der Waals surface area contributed by atoms with Crippen molar-refractivity contribution in [2.24, 2.45) is 5.73 Å². The predicted molar refractivity (Wildman–Crippen MR) is 73.7 cm³/mol. The lowest BCUT2D eigenvalue weighted by molar-refractivity contribution is 0.236. The van der Waals surface area contributed by atoms with E-state index in [1.807, 2.05) is 18.2 Å². The minimum atomic E-state index is 0.267. The Balaban J connectivity index is 2.31. The minimum absolute atomic E-state index is 0.267. The molecule has 1 aliphatic heterocycles. The van der Waals surface area contributed by atoms with E-state index in [9.17, 15) is 0 Å². The quantitative estimate of drug-likeness (QED) is 0.910. The van der Waals surface area contributed by atoms with Crippen molar-refractivity contribution in [2.75, 3.05) is 19.6 Å². The highest BCUT2D eigenvalue weighted by atomic mass is 35.5. The van der Waals surface area contributed by atoms with Crippen LogP contribution in [0, 0.1) is 0 Å². The van der Waals surface area contributed by atoms with Crippen molar-refractivity contribution in [3.05, 3.63) is 33.8 Å². The summed E-state index contributed by atoms with van der Waals surface area (Å²) in [6.07, 6.45) is 3.41. The topological polar surface area (TPSA) is 29.3 Å². The first-order valence-corrected chi connectivity index (χ1v) is 6.87. The van der Waals surface area contributed by atoms with Gasteiger partial charge in [0, 0.05) is 21.7 Å². The normalized spacial score (nSPS) is 18.5. The number of likely N-dealkylation sites (tertiary alicyclic amines) is 1.